The number of hydrogen-bond acceptors (Lipinski definition) is 4. The molecule has 4 aromatic rings. The van der Waals surface area contributed by atoms with Crippen LogP contribution in [-0.2, 0) is 19.4 Å². The van der Waals surface area contributed by atoms with Crippen LogP contribution in [0.3, 0.4) is 0 Å². The summed E-state index contributed by atoms with van der Waals surface area (Å²) in [6, 6.07) is 16.3. The molecule has 2 aromatic carbocycles. The van der Waals surface area contributed by atoms with Gasteiger partial charge in [0.15, 0.2) is 0 Å². The number of carbonyl (C=O) groups excluding carboxylic acids is 1. The molecule has 1 N–H and O–H groups in total. The minimum Gasteiger partial charge on any atom is -0.333 e. The maximum absolute atomic E-state index is 14.1. The summed E-state index contributed by atoms with van der Waals surface area (Å²) >= 11 is 0. The summed E-state index contributed by atoms with van der Waals surface area (Å²) < 4.78 is 14.1. The van der Waals surface area contributed by atoms with Gasteiger partial charge in [0.1, 0.15) is 11.4 Å². The molecule has 0 bridgehead atoms. The normalized spacial score (nSPS) is 13.1. The van der Waals surface area contributed by atoms with Gasteiger partial charge in [0.25, 0.3) is 11.5 Å². The zero-order valence-corrected chi connectivity index (χ0v) is 22.2. The lowest BCUT2D eigenvalue weighted by atomic mass is 9.94. The molecular weight excluding hydrogens is 479 g/mol. The summed E-state index contributed by atoms with van der Waals surface area (Å²) in [5.74, 6) is -0.640. The van der Waals surface area contributed by atoms with Crippen molar-refractivity contribution in [3.8, 4) is 11.3 Å². The Morgan fingerprint density at radius 3 is 2.61 bits per heavy atom. The van der Waals surface area contributed by atoms with Gasteiger partial charge in [-0.1, -0.05) is 24.3 Å². The number of aryl methyl sites for hydroxylation is 3. The second kappa shape index (κ2) is 10.9. The number of fused-ring (bicyclic) bond motifs is 2. The van der Waals surface area contributed by atoms with Gasteiger partial charge in [-0.3, -0.25) is 9.59 Å². The highest BCUT2D eigenvalue weighted by atomic mass is 19.1. The SMILES string of the molecule is Cc1ccccc1-c1nc2cc(F)ccc2cc1CN(CCN(C)C)C(=O)c1cc2c([nH]c1=O)CCCC2. The molecule has 2 heterocycles. The van der Waals surface area contributed by atoms with E-state index in [1.807, 2.05) is 56.3 Å². The van der Waals surface area contributed by atoms with Crippen LogP contribution in [0.15, 0.2) is 59.4 Å². The van der Waals surface area contributed by atoms with Crippen LogP contribution in [0.25, 0.3) is 22.2 Å². The summed E-state index contributed by atoms with van der Waals surface area (Å²) in [6.45, 7) is 3.36. The van der Waals surface area contributed by atoms with E-state index in [1.54, 1.807) is 17.0 Å². The molecule has 38 heavy (non-hydrogen) atoms. The van der Waals surface area contributed by atoms with Crippen molar-refractivity contribution < 1.29 is 9.18 Å². The van der Waals surface area contributed by atoms with E-state index in [4.69, 9.17) is 4.98 Å². The smallest absolute Gasteiger partial charge is 0.261 e. The van der Waals surface area contributed by atoms with Crippen molar-refractivity contribution in [3.63, 3.8) is 0 Å². The summed E-state index contributed by atoms with van der Waals surface area (Å²) in [5.41, 5.74) is 5.93. The van der Waals surface area contributed by atoms with Crippen molar-refractivity contribution in [1.82, 2.24) is 19.8 Å². The first-order valence-corrected chi connectivity index (χ1v) is 13.1. The first-order valence-electron chi connectivity index (χ1n) is 13.1. The lowest BCUT2D eigenvalue weighted by Gasteiger charge is -2.26. The van der Waals surface area contributed by atoms with E-state index in [1.165, 1.54) is 12.1 Å². The first-order chi connectivity index (χ1) is 18.3. The predicted octanol–water partition coefficient (Wildman–Crippen LogP) is 5.12. The number of nitrogens with zero attached hydrogens (tertiary/aromatic N) is 3. The molecule has 0 unspecified atom stereocenters. The molecule has 1 aliphatic rings. The maximum atomic E-state index is 14.1. The van der Waals surface area contributed by atoms with Gasteiger partial charge in [0, 0.05) is 42.3 Å². The van der Waals surface area contributed by atoms with Gasteiger partial charge in [-0.2, -0.15) is 0 Å². The Bertz CT molecular complexity index is 1560. The van der Waals surface area contributed by atoms with E-state index >= 15 is 0 Å². The van der Waals surface area contributed by atoms with E-state index in [-0.39, 0.29) is 29.4 Å². The van der Waals surface area contributed by atoms with E-state index in [2.05, 4.69) is 4.98 Å². The highest BCUT2D eigenvalue weighted by molar-refractivity contribution is 5.94. The fourth-order valence-corrected chi connectivity index (χ4v) is 5.16. The molecular formula is C31H33FN4O2. The lowest BCUT2D eigenvalue weighted by molar-refractivity contribution is 0.0730. The Morgan fingerprint density at radius 2 is 1.82 bits per heavy atom. The number of halogens is 1. The quantitative estimate of drug-likeness (QED) is 0.373. The summed E-state index contributed by atoms with van der Waals surface area (Å²) in [5, 5.41) is 0.797. The number of rotatable bonds is 7. The van der Waals surface area contributed by atoms with Crippen LogP contribution < -0.4 is 5.56 Å². The van der Waals surface area contributed by atoms with Crippen LogP contribution in [0, 0.1) is 12.7 Å². The molecule has 0 saturated heterocycles. The highest BCUT2D eigenvalue weighted by Gasteiger charge is 2.24. The molecule has 7 heteroatoms. The third-order valence-corrected chi connectivity index (χ3v) is 7.29. The molecule has 1 amide bonds. The summed E-state index contributed by atoms with van der Waals surface area (Å²) in [7, 11) is 3.92. The second-order valence-electron chi connectivity index (χ2n) is 10.4. The first kappa shape index (κ1) is 25.8. The van der Waals surface area contributed by atoms with Gasteiger partial charge in [-0.25, -0.2) is 9.37 Å². The van der Waals surface area contributed by atoms with Crippen molar-refractivity contribution in [2.75, 3.05) is 27.2 Å². The van der Waals surface area contributed by atoms with Crippen LogP contribution in [0.5, 0.6) is 0 Å². The molecule has 0 fully saturated rings. The van der Waals surface area contributed by atoms with E-state index < -0.39 is 0 Å². The van der Waals surface area contributed by atoms with E-state index in [0.29, 0.717) is 24.3 Å². The highest BCUT2D eigenvalue weighted by Crippen LogP contribution is 2.30. The predicted molar refractivity (Wildman–Crippen MR) is 149 cm³/mol. The third-order valence-electron chi connectivity index (χ3n) is 7.29. The number of nitrogens with one attached hydrogen (secondary N) is 1. The molecule has 0 spiro atoms. The minimum atomic E-state index is -0.345. The molecule has 0 atom stereocenters. The van der Waals surface area contributed by atoms with Crippen LogP contribution in [0.1, 0.15) is 45.6 Å². The Kier molecular flexibility index (Phi) is 7.38. The van der Waals surface area contributed by atoms with Crippen molar-refractivity contribution in [2.24, 2.45) is 0 Å². The number of hydrogen-bond donors (Lipinski definition) is 1. The van der Waals surface area contributed by atoms with Gasteiger partial charge in [-0.05, 0) is 87.7 Å². The Balaban J connectivity index is 1.60. The summed E-state index contributed by atoms with van der Waals surface area (Å²) in [4.78, 5) is 38.5. The molecule has 196 valence electrons. The van der Waals surface area contributed by atoms with Crippen molar-refractivity contribution in [3.05, 3.63) is 98.7 Å². The average molecular weight is 513 g/mol. The zero-order valence-electron chi connectivity index (χ0n) is 22.2. The standard InChI is InChI=1S/C31H33FN4O2/c1-20-8-4-6-10-25(20)29-23(16-22-12-13-24(32)18-28(22)33-29)19-36(15-14-35(2)3)31(38)26-17-21-9-5-7-11-27(21)34-30(26)37/h4,6,8,10,12-13,16-18H,5,7,9,11,14-15,19H2,1-3H3,(H,34,37). The van der Waals surface area contributed by atoms with Gasteiger partial charge in [0.05, 0.1) is 11.2 Å². The van der Waals surface area contributed by atoms with Gasteiger partial charge in [0.2, 0.25) is 0 Å². The van der Waals surface area contributed by atoms with Gasteiger partial charge in [-0.15, -0.1) is 0 Å². The van der Waals surface area contributed by atoms with Crippen LogP contribution in [0.2, 0.25) is 0 Å². The van der Waals surface area contributed by atoms with Crippen LogP contribution >= 0.6 is 0 Å². The van der Waals surface area contributed by atoms with Crippen molar-refractivity contribution in [1.29, 1.82) is 0 Å². The average Bonchev–Trinajstić information content (AvgIpc) is 2.90. The Morgan fingerprint density at radius 1 is 1.03 bits per heavy atom. The monoisotopic (exact) mass is 512 g/mol. The Hall–Kier alpha value is -3.84. The number of amides is 1. The number of carbonyl (C=O) groups is 1. The second-order valence-corrected chi connectivity index (χ2v) is 10.4. The van der Waals surface area contributed by atoms with Crippen molar-refractivity contribution in [2.45, 2.75) is 39.2 Å². The third kappa shape index (κ3) is 5.38. The van der Waals surface area contributed by atoms with E-state index in [0.717, 1.165) is 59.0 Å². The Labute approximate surface area is 222 Å². The number of likely N-dealkylation sites (N-methyl/N-ethyl adjacent to an activating group) is 1. The molecule has 6 nitrogen and oxygen atoms in total. The number of aromatic amines is 1. The molecule has 0 saturated carbocycles. The largest absolute Gasteiger partial charge is 0.333 e. The molecule has 0 aliphatic heterocycles. The zero-order chi connectivity index (χ0) is 26.8. The van der Waals surface area contributed by atoms with Gasteiger partial charge < -0.3 is 14.8 Å². The molecule has 0 radical (unpaired) electrons. The lowest BCUT2D eigenvalue weighted by Crippen LogP contribution is -2.39. The van der Waals surface area contributed by atoms with Crippen molar-refractivity contribution >= 4 is 16.8 Å². The molecule has 5 rings (SSSR count). The molecule has 2 aromatic heterocycles. The minimum absolute atomic E-state index is 0.178. The van der Waals surface area contributed by atoms with Crippen LogP contribution in [-0.4, -0.2) is 52.9 Å². The van der Waals surface area contributed by atoms with Crippen LogP contribution in [0.4, 0.5) is 4.39 Å². The number of benzene rings is 2. The topological polar surface area (TPSA) is 69.3 Å². The number of pyridine rings is 2. The number of aromatic nitrogens is 2. The fourth-order valence-electron chi connectivity index (χ4n) is 5.16. The van der Waals surface area contributed by atoms with Gasteiger partial charge >= 0.3 is 0 Å². The summed E-state index contributed by atoms with van der Waals surface area (Å²) in [6.07, 6.45) is 3.81. The number of H-pyrrole nitrogens is 1. The van der Waals surface area contributed by atoms with E-state index in [9.17, 15) is 14.0 Å². The maximum Gasteiger partial charge on any atom is 0.261 e. The molecule has 1 aliphatic carbocycles. The fraction of sp³-hybridized carbons (Fsp3) is 0.323.